The van der Waals surface area contributed by atoms with Crippen LogP contribution in [0.15, 0.2) is 24.3 Å². The number of nitrogens with zero attached hydrogens (tertiary/aromatic N) is 1. The summed E-state index contributed by atoms with van der Waals surface area (Å²) in [4.78, 5) is 14.4. The molecule has 1 fully saturated rings. The van der Waals surface area contributed by atoms with Gasteiger partial charge in [0.25, 0.3) is 0 Å². The van der Waals surface area contributed by atoms with E-state index in [-0.39, 0.29) is 11.6 Å². The van der Waals surface area contributed by atoms with Gasteiger partial charge in [0.05, 0.1) is 7.11 Å². The molecule has 1 aliphatic heterocycles. The van der Waals surface area contributed by atoms with Crippen molar-refractivity contribution < 1.29 is 14.3 Å². The minimum absolute atomic E-state index is 0.200. The van der Waals surface area contributed by atoms with Crippen molar-refractivity contribution in [2.45, 2.75) is 58.1 Å². The van der Waals surface area contributed by atoms with Crippen LogP contribution < -0.4 is 4.74 Å². The Balaban J connectivity index is 2.14. The Bertz CT molecular complexity index is 535. The number of benzene rings is 1. The summed E-state index contributed by atoms with van der Waals surface area (Å²) in [5, 5.41) is 0. The van der Waals surface area contributed by atoms with Gasteiger partial charge in [-0.1, -0.05) is 12.1 Å². The third-order valence-corrected chi connectivity index (χ3v) is 4.08. The van der Waals surface area contributed by atoms with Crippen LogP contribution in [0.25, 0.3) is 0 Å². The van der Waals surface area contributed by atoms with Gasteiger partial charge in [-0.3, -0.25) is 0 Å². The van der Waals surface area contributed by atoms with Gasteiger partial charge in [0.1, 0.15) is 11.4 Å². The number of hydrogen-bond donors (Lipinski definition) is 0. The van der Waals surface area contributed by atoms with Crippen molar-refractivity contribution in [1.29, 1.82) is 0 Å². The predicted octanol–water partition coefficient (Wildman–Crippen LogP) is 4.03. The van der Waals surface area contributed by atoms with E-state index in [4.69, 9.17) is 9.47 Å². The Morgan fingerprint density at radius 2 is 2.09 bits per heavy atom. The second-order valence-corrected chi connectivity index (χ2v) is 7.26. The molecule has 1 aliphatic rings. The topological polar surface area (TPSA) is 38.8 Å². The van der Waals surface area contributed by atoms with Gasteiger partial charge in [0, 0.05) is 12.1 Å². The summed E-state index contributed by atoms with van der Waals surface area (Å²) in [6.07, 6.45) is 2.60. The van der Waals surface area contributed by atoms with Crippen molar-refractivity contribution in [3.63, 3.8) is 0 Å². The molecule has 0 radical (unpaired) electrons. The highest BCUT2D eigenvalue weighted by Crippen LogP contribution is 2.34. The lowest BCUT2D eigenvalue weighted by molar-refractivity contribution is 0.0108. The lowest BCUT2D eigenvalue weighted by Gasteiger charge is -2.36. The lowest BCUT2D eigenvalue weighted by Crippen LogP contribution is -2.48. The quantitative estimate of drug-likeness (QED) is 0.846. The zero-order chi connectivity index (χ0) is 16.4. The molecule has 2 rings (SSSR count). The minimum Gasteiger partial charge on any atom is -0.497 e. The van der Waals surface area contributed by atoms with Crippen LogP contribution in [0.2, 0.25) is 0 Å². The van der Waals surface area contributed by atoms with Crippen LogP contribution in [-0.4, -0.2) is 35.8 Å². The fraction of sp³-hybridized carbons (Fsp3) is 0.611. The molecule has 0 bridgehead atoms. The SMILES string of the molecule is COc1cccc(CC2(C)CCCN2C(=O)OC(C)(C)C)c1. The molecule has 1 amide bonds. The third-order valence-electron chi connectivity index (χ3n) is 4.08. The maximum Gasteiger partial charge on any atom is 0.410 e. The molecular weight excluding hydrogens is 278 g/mol. The van der Waals surface area contributed by atoms with Crippen LogP contribution in [0.4, 0.5) is 4.79 Å². The number of hydrogen-bond acceptors (Lipinski definition) is 3. The molecule has 4 heteroatoms. The highest BCUT2D eigenvalue weighted by atomic mass is 16.6. The molecule has 4 nitrogen and oxygen atoms in total. The molecule has 0 N–H and O–H groups in total. The van der Waals surface area contributed by atoms with Crippen LogP contribution in [-0.2, 0) is 11.2 Å². The Labute approximate surface area is 133 Å². The van der Waals surface area contributed by atoms with E-state index in [1.54, 1.807) is 7.11 Å². The lowest BCUT2D eigenvalue weighted by atomic mass is 9.90. The third kappa shape index (κ3) is 3.93. The van der Waals surface area contributed by atoms with Crippen LogP contribution in [0.3, 0.4) is 0 Å². The molecule has 22 heavy (non-hydrogen) atoms. The summed E-state index contributed by atoms with van der Waals surface area (Å²) < 4.78 is 10.8. The van der Waals surface area contributed by atoms with Crippen molar-refractivity contribution in [1.82, 2.24) is 4.90 Å². The molecule has 1 saturated heterocycles. The number of ether oxygens (including phenoxy) is 2. The van der Waals surface area contributed by atoms with Gasteiger partial charge >= 0.3 is 6.09 Å². The summed E-state index contributed by atoms with van der Waals surface area (Å²) in [5.41, 5.74) is 0.517. The number of amides is 1. The van der Waals surface area contributed by atoms with E-state index < -0.39 is 5.60 Å². The monoisotopic (exact) mass is 305 g/mol. The number of carbonyl (C=O) groups is 1. The van der Waals surface area contributed by atoms with E-state index in [1.807, 2.05) is 43.9 Å². The largest absolute Gasteiger partial charge is 0.497 e. The van der Waals surface area contributed by atoms with Gasteiger partial charge in [0.15, 0.2) is 0 Å². The maximum atomic E-state index is 12.5. The molecule has 0 saturated carbocycles. The highest BCUT2D eigenvalue weighted by Gasteiger charge is 2.41. The smallest absolute Gasteiger partial charge is 0.410 e. The van der Waals surface area contributed by atoms with E-state index in [9.17, 15) is 4.79 Å². The van der Waals surface area contributed by atoms with Gasteiger partial charge in [-0.2, -0.15) is 0 Å². The Morgan fingerprint density at radius 3 is 2.73 bits per heavy atom. The molecule has 122 valence electrons. The highest BCUT2D eigenvalue weighted by molar-refractivity contribution is 5.69. The van der Waals surface area contributed by atoms with Gasteiger partial charge in [-0.05, 0) is 64.7 Å². The molecule has 1 unspecified atom stereocenters. The normalized spacial score (nSPS) is 21.8. The first-order valence-corrected chi connectivity index (χ1v) is 7.87. The van der Waals surface area contributed by atoms with Gasteiger partial charge in [-0.15, -0.1) is 0 Å². The van der Waals surface area contributed by atoms with Crippen molar-refractivity contribution in [2.75, 3.05) is 13.7 Å². The summed E-state index contributed by atoms with van der Waals surface area (Å²) in [6, 6.07) is 8.05. The fourth-order valence-electron chi connectivity index (χ4n) is 3.06. The Morgan fingerprint density at radius 1 is 1.36 bits per heavy atom. The average Bonchev–Trinajstić information content (AvgIpc) is 2.78. The molecule has 1 atom stereocenters. The van der Waals surface area contributed by atoms with Crippen molar-refractivity contribution in [2.24, 2.45) is 0 Å². The molecule has 0 spiro atoms. The predicted molar refractivity (Wildman–Crippen MR) is 87.3 cm³/mol. The number of likely N-dealkylation sites (tertiary alicyclic amines) is 1. The zero-order valence-corrected chi connectivity index (χ0v) is 14.3. The first-order chi connectivity index (χ1) is 10.2. The van der Waals surface area contributed by atoms with E-state index in [0.29, 0.717) is 0 Å². The molecule has 1 aromatic carbocycles. The standard InChI is InChI=1S/C18H27NO3/c1-17(2,3)22-16(20)19-11-7-10-18(19,4)13-14-8-6-9-15(12-14)21-5/h6,8-9,12H,7,10-11,13H2,1-5H3. The minimum atomic E-state index is -0.462. The summed E-state index contributed by atoms with van der Waals surface area (Å²) in [6.45, 7) is 8.61. The maximum absolute atomic E-state index is 12.5. The van der Waals surface area contributed by atoms with Gasteiger partial charge in [0.2, 0.25) is 0 Å². The van der Waals surface area contributed by atoms with Crippen LogP contribution in [0.1, 0.15) is 46.1 Å². The van der Waals surface area contributed by atoms with Gasteiger partial charge < -0.3 is 14.4 Å². The van der Waals surface area contributed by atoms with E-state index in [0.717, 1.165) is 31.6 Å². The Kier molecular flexibility index (Phi) is 4.69. The van der Waals surface area contributed by atoms with E-state index >= 15 is 0 Å². The number of methoxy groups -OCH3 is 1. The van der Waals surface area contributed by atoms with E-state index in [2.05, 4.69) is 13.0 Å². The second-order valence-electron chi connectivity index (χ2n) is 7.26. The Hall–Kier alpha value is -1.71. The first-order valence-electron chi connectivity index (χ1n) is 7.87. The van der Waals surface area contributed by atoms with E-state index in [1.165, 1.54) is 5.56 Å². The van der Waals surface area contributed by atoms with Crippen molar-refractivity contribution in [3.05, 3.63) is 29.8 Å². The number of rotatable bonds is 3. The molecular formula is C18H27NO3. The van der Waals surface area contributed by atoms with Crippen molar-refractivity contribution in [3.8, 4) is 5.75 Å². The second kappa shape index (κ2) is 6.19. The van der Waals surface area contributed by atoms with Crippen LogP contribution >= 0.6 is 0 Å². The zero-order valence-electron chi connectivity index (χ0n) is 14.3. The van der Waals surface area contributed by atoms with Crippen LogP contribution in [0, 0.1) is 0 Å². The van der Waals surface area contributed by atoms with Crippen LogP contribution in [0.5, 0.6) is 5.75 Å². The molecule has 0 aliphatic carbocycles. The summed E-state index contributed by atoms with van der Waals surface area (Å²) in [5.74, 6) is 0.850. The molecule has 0 aromatic heterocycles. The molecule has 1 aromatic rings. The summed E-state index contributed by atoms with van der Waals surface area (Å²) in [7, 11) is 1.67. The first kappa shape index (κ1) is 16.7. The van der Waals surface area contributed by atoms with Crippen molar-refractivity contribution >= 4 is 6.09 Å². The summed E-state index contributed by atoms with van der Waals surface area (Å²) >= 11 is 0. The average molecular weight is 305 g/mol. The fourth-order valence-corrected chi connectivity index (χ4v) is 3.06. The molecule has 1 heterocycles. The van der Waals surface area contributed by atoms with Gasteiger partial charge in [-0.25, -0.2) is 4.79 Å². The number of carbonyl (C=O) groups excluding carboxylic acids is 1.